The molecule has 1 aromatic heterocycles. The summed E-state index contributed by atoms with van der Waals surface area (Å²) in [6, 6.07) is 8.64. The Morgan fingerprint density at radius 3 is 2.73 bits per heavy atom. The van der Waals surface area contributed by atoms with Crippen molar-refractivity contribution in [3.8, 4) is 5.75 Å². The first-order valence-electron chi connectivity index (χ1n) is 8.05. The molecule has 2 aromatic rings. The van der Waals surface area contributed by atoms with E-state index in [1.807, 2.05) is 11.4 Å². The largest absolute Gasteiger partial charge is 0.482 e. The van der Waals surface area contributed by atoms with Gasteiger partial charge in [0, 0.05) is 30.5 Å². The highest BCUT2D eigenvalue weighted by molar-refractivity contribution is 7.08. The zero-order chi connectivity index (χ0) is 18.8. The van der Waals surface area contributed by atoms with Crippen molar-refractivity contribution in [2.75, 3.05) is 13.2 Å². The van der Waals surface area contributed by atoms with Gasteiger partial charge in [-0.3, -0.25) is 9.59 Å². The molecule has 0 bridgehead atoms. The van der Waals surface area contributed by atoms with E-state index in [1.54, 1.807) is 29.6 Å². The predicted molar refractivity (Wildman–Crippen MR) is 97.3 cm³/mol. The van der Waals surface area contributed by atoms with Crippen molar-refractivity contribution < 1.29 is 24.2 Å². The van der Waals surface area contributed by atoms with Crippen LogP contribution in [0.25, 0.3) is 0 Å². The summed E-state index contributed by atoms with van der Waals surface area (Å²) in [6.45, 7) is 0.345. The summed E-state index contributed by atoms with van der Waals surface area (Å²) in [4.78, 5) is 34.1. The molecule has 2 amide bonds. The number of carbonyl (C=O) groups is 3. The Morgan fingerprint density at radius 1 is 1.15 bits per heavy atom. The van der Waals surface area contributed by atoms with Crippen molar-refractivity contribution in [1.29, 1.82) is 0 Å². The topological polar surface area (TPSA) is 105 Å². The van der Waals surface area contributed by atoms with E-state index in [0.717, 1.165) is 5.56 Å². The summed E-state index contributed by atoms with van der Waals surface area (Å²) < 4.78 is 5.10. The number of benzene rings is 1. The van der Waals surface area contributed by atoms with Gasteiger partial charge in [-0.25, -0.2) is 4.79 Å². The smallest absolute Gasteiger partial charge is 0.341 e. The molecule has 1 aromatic carbocycles. The molecular formula is C18H20N2O5S. The van der Waals surface area contributed by atoms with Gasteiger partial charge in [0.15, 0.2) is 6.61 Å². The molecule has 0 saturated carbocycles. The first-order valence-corrected chi connectivity index (χ1v) is 8.99. The van der Waals surface area contributed by atoms with Crippen LogP contribution in [0.4, 0.5) is 0 Å². The zero-order valence-electron chi connectivity index (χ0n) is 14.1. The summed E-state index contributed by atoms with van der Waals surface area (Å²) >= 11 is 1.46. The average molecular weight is 376 g/mol. The molecule has 2 rings (SSSR count). The molecule has 26 heavy (non-hydrogen) atoms. The molecule has 0 radical (unpaired) electrons. The van der Waals surface area contributed by atoms with Crippen LogP contribution < -0.4 is 15.4 Å². The fraction of sp³-hybridized carbons (Fsp3) is 0.278. The summed E-state index contributed by atoms with van der Waals surface area (Å²) in [6.07, 6.45) is 0.850. The van der Waals surface area contributed by atoms with E-state index in [0.29, 0.717) is 37.2 Å². The Balaban J connectivity index is 1.64. The molecule has 0 aliphatic heterocycles. The first-order chi connectivity index (χ1) is 12.5. The van der Waals surface area contributed by atoms with Crippen molar-refractivity contribution in [2.45, 2.75) is 19.4 Å². The molecule has 8 heteroatoms. The molecule has 7 nitrogen and oxygen atoms in total. The van der Waals surface area contributed by atoms with Gasteiger partial charge < -0.3 is 20.5 Å². The van der Waals surface area contributed by atoms with Crippen molar-refractivity contribution in [1.82, 2.24) is 10.6 Å². The Labute approximate surface area is 155 Å². The summed E-state index contributed by atoms with van der Waals surface area (Å²) in [5, 5.41) is 17.8. The van der Waals surface area contributed by atoms with Gasteiger partial charge in [0.1, 0.15) is 5.75 Å². The lowest BCUT2D eigenvalue weighted by Gasteiger charge is -2.08. The number of aliphatic carboxylic acids is 1. The van der Waals surface area contributed by atoms with Gasteiger partial charge in [-0.15, -0.1) is 0 Å². The second-order valence-corrected chi connectivity index (χ2v) is 6.26. The number of thiophene rings is 1. The third-order valence-corrected chi connectivity index (χ3v) is 4.08. The Hall–Kier alpha value is -2.87. The highest BCUT2D eigenvalue weighted by atomic mass is 32.1. The van der Waals surface area contributed by atoms with E-state index < -0.39 is 12.6 Å². The lowest BCUT2D eigenvalue weighted by molar-refractivity contribution is -0.139. The third-order valence-electron chi connectivity index (χ3n) is 3.40. The van der Waals surface area contributed by atoms with Crippen LogP contribution in [0.1, 0.15) is 28.8 Å². The van der Waals surface area contributed by atoms with Gasteiger partial charge in [0.05, 0.1) is 0 Å². The van der Waals surface area contributed by atoms with Gasteiger partial charge in [0.2, 0.25) is 5.91 Å². The average Bonchev–Trinajstić information content (AvgIpc) is 3.17. The van der Waals surface area contributed by atoms with Crippen LogP contribution in [-0.2, 0) is 16.1 Å². The molecule has 0 fully saturated rings. The molecule has 0 aliphatic rings. The van der Waals surface area contributed by atoms with Crippen molar-refractivity contribution >= 4 is 29.1 Å². The predicted octanol–water partition coefficient (Wildman–Crippen LogP) is 2.04. The molecule has 0 atom stereocenters. The normalized spacial score (nSPS) is 10.2. The van der Waals surface area contributed by atoms with Crippen LogP contribution in [0.15, 0.2) is 41.1 Å². The van der Waals surface area contributed by atoms with Crippen molar-refractivity contribution in [2.24, 2.45) is 0 Å². The quantitative estimate of drug-likeness (QED) is 0.551. The van der Waals surface area contributed by atoms with E-state index >= 15 is 0 Å². The van der Waals surface area contributed by atoms with E-state index in [4.69, 9.17) is 9.84 Å². The molecule has 1 heterocycles. The van der Waals surface area contributed by atoms with Crippen molar-refractivity contribution in [3.63, 3.8) is 0 Å². The minimum Gasteiger partial charge on any atom is -0.482 e. The summed E-state index contributed by atoms with van der Waals surface area (Å²) in [7, 11) is 0. The van der Waals surface area contributed by atoms with Gasteiger partial charge in [-0.05, 0) is 35.6 Å². The molecule has 0 unspecified atom stereocenters. The van der Waals surface area contributed by atoms with Gasteiger partial charge in [0.25, 0.3) is 5.91 Å². The lowest BCUT2D eigenvalue weighted by atomic mass is 10.2. The fourth-order valence-corrected chi connectivity index (χ4v) is 2.76. The molecule has 0 spiro atoms. The van der Waals surface area contributed by atoms with Gasteiger partial charge in [-0.1, -0.05) is 12.1 Å². The summed E-state index contributed by atoms with van der Waals surface area (Å²) in [5.41, 5.74) is 1.44. The zero-order valence-corrected chi connectivity index (χ0v) is 14.9. The SMILES string of the molecule is O=C(O)COc1cccc(CNC(=O)CCCNC(=O)c2ccsc2)c1. The van der Waals surface area contributed by atoms with Crippen LogP contribution in [0.3, 0.4) is 0 Å². The van der Waals surface area contributed by atoms with Crippen molar-refractivity contribution in [3.05, 3.63) is 52.2 Å². The third kappa shape index (κ3) is 6.94. The monoisotopic (exact) mass is 376 g/mol. The second kappa shape index (κ2) is 10.2. The standard InChI is InChI=1S/C18H20N2O5S/c21-16(5-2-7-19-18(24)14-6-8-26-12-14)20-10-13-3-1-4-15(9-13)25-11-17(22)23/h1,3-4,6,8-9,12H,2,5,7,10-11H2,(H,19,24)(H,20,21)(H,22,23). The van der Waals surface area contributed by atoms with E-state index in [-0.39, 0.29) is 11.8 Å². The Morgan fingerprint density at radius 2 is 2.00 bits per heavy atom. The molecule has 3 N–H and O–H groups in total. The highest BCUT2D eigenvalue weighted by Gasteiger charge is 2.06. The van der Waals surface area contributed by atoms with Crippen LogP contribution in [0, 0.1) is 0 Å². The highest BCUT2D eigenvalue weighted by Crippen LogP contribution is 2.13. The molecule has 0 saturated heterocycles. The fourth-order valence-electron chi connectivity index (χ4n) is 2.13. The van der Waals surface area contributed by atoms with Gasteiger partial charge >= 0.3 is 5.97 Å². The maximum atomic E-state index is 11.9. The van der Waals surface area contributed by atoms with Gasteiger partial charge in [-0.2, -0.15) is 11.3 Å². The number of nitrogens with one attached hydrogen (secondary N) is 2. The van der Waals surface area contributed by atoms with E-state index in [1.165, 1.54) is 11.3 Å². The number of hydrogen-bond donors (Lipinski definition) is 3. The van der Waals surface area contributed by atoms with Crippen LogP contribution in [0.5, 0.6) is 5.75 Å². The number of carboxylic acid groups (broad SMARTS) is 1. The number of rotatable bonds is 10. The Kier molecular flexibility index (Phi) is 7.63. The van der Waals surface area contributed by atoms with Crippen LogP contribution in [0.2, 0.25) is 0 Å². The number of carboxylic acids is 1. The van der Waals surface area contributed by atoms with E-state index in [2.05, 4.69) is 10.6 Å². The molecular weight excluding hydrogens is 356 g/mol. The minimum atomic E-state index is -1.05. The van der Waals surface area contributed by atoms with Crippen LogP contribution in [-0.4, -0.2) is 36.0 Å². The maximum Gasteiger partial charge on any atom is 0.341 e. The first kappa shape index (κ1) is 19.5. The Bertz CT molecular complexity index is 746. The summed E-state index contributed by atoms with van der Waals surface area (Å²) in [5.74, 6) is -0.860. The number of ether oxygens (including phenoxy) is 1. The number of carbonyl (C=O) groups excluding carboxylic acids is 2. The molecule has 138 valence electrons. The maximum absolute atomic E-state index is 11.9. The number of amides is 2. The second-order valence-electron chi connectivity index (χ2n) is 5.48. The lowest BCUT2D eigenvalue weighted by Crippen LogP contribution is -2.27. The van der Waals surface area contributed by atoms with E-state index in [9.17, 15) is 14.4 Å². The number of hydrogen-bond acceptors (Lipinski definition) is 5. The van der Waals surface area contributed by atoms with Crippen LogP contribution >= 0.6 is 11.3 Å². The minimum absolute atomic E-state index is 0.119. The molecule has 0 aliphatic carbocycles.